The van der Waals surface area contributed by atoms with Crippen LogP contribution < -0.4 is 5.32 Å². The molecule has 30 heavy (non-hydrogen) atoms. The van der Waals surface area contributed by atoms with Crippen LogP contribution in [0.4, 0.5) is 10.3 Å². The van der Waals surface area contributed by atoms with Gasteiger partial charge in [-0.25, -0.2) is 9.07 Å². The minimum absolute atomic E-state index is 0.0735. The van der Waals surface area contributed by atoms with Crippen LogP contribution in [0, 0.1) is 5.82 Å². The highest BCUT2D eigenvalue weighted by molar-refractivity contribution is 7.98. The molecular formula is C22H18ClFN4OS. The van der Waals surface area contributed by atoms with E-state index in [9.17, 15) is 9.18 Å². The van der Waals surface area contributed by atoms with E-state index in [0.29, 0.717) is 39.4 Å². The van der Waals surface area contributed by atoms with Crippen molar-refractivity contribution < 1.29 is 9.18 Å². The summed E-state index contributed by atoms with van der Waals surface area (Å²) in [4.78, 5) is 17.4. The number of hydrogen-bond acceptors (Lipinski definition) is 5. The van der Waals surface area contributed by atoms with E-state index < -0.39 is 6.04 Å². The number of ketones is 1. The minimum Gasteiger partial charge on any atom is -0.328 e. The molecule has 0 unspecified atom stereocenters. The second-order valence-corrected chi connectivity index (χ2v) is 8.64. The summed E-state index contributed by atoms with van der Waals surface area (Å²) in [6.07, 6.45) is 2.05. The van der Waals surface area contributed by atoms with Crippen LogP contribution in [-0.2, 0) is 10.5 Å². The summed E-state index contributed by atoms with van der Waals surface area (Å²) in [6, 6.07) is 13.5. The fourth-order valence-electron chi connectivity index (χ4n) is 3.94. The number of allylic oxidation sites excluding steroid dienone is 2. The van der Waals surface area contributed by atoms with Crippen molar-refractivity contribution in [3.8, 4) is 0 Å². The van der Waals surface area contributed by atoms with Crippen molar-refractivity contribution in [1.29, 1.82) is 0 Å². The number of Topliss-reactive ketones (excluding diaryl/α,β-unsaturated/α-hetero) is 1. The van der Waals surface area contributed by atoms with E-state index in [4.69, 9.17) is 11.6 Å². The minimum atomic E-state index is -0.484. The van der Waals surface area contributed by atoms with Gasteiger partial charge in [0.25, 0.3) is 0 Å². The monoisotopic (exact) mass is 440 g/mol. The zero-order chi connectivity index (χ0) is 20.7. The Morgan fingerprint density at radius 1 is 1.20 bits per heavy atom. The van der Waals surface area contributed by atoms with Gasteiger partial charge in [-0.15, -0.1) is 5.10 Å². The quantitative estimate of drug-likeness (QED) is 0.551. The second-order valence-electron chi connectivity index (χ2n) is 7.29. The number of fused-ring (bicyclic) bond motifs is 1. The zero-order valence-electron chi connectivity index (χ0n) is 15.9. The van der Waals surface area contributed by atoms with Crippen LogP contribution in [0.2, 0.25) is 5.02 Å². The molecule has 1 aromatic heterocycles. The van der Waals surface area contributed by atoms with E-state index in [1.807, 2.05) is 30.3 Å². The lowest BCUT2D eigenvalue weighted by Crippen LogP contribution is -2.31. The van der Waals surface area contributed by atoms with E-state index in [0.717, 1.165) is 24.1 Å². The molecule has 0 saturated carbocycles. The molecule has 0 fully saturated rings. The molecule has 0 amide bonds. The topological polar surface area (TPSA) is 59.8 Å². The van der Waals surface area contributed by atoms with Crippen molar-refractivity contribution in [2.24, 2.45) is 0 Å². The number of aromatic nitrogens is 3. The van der Waals surface area contributed by atoms with Crippen molar-refractivity contribution in [2.45, 2.75) is 36.2 Å². The summed E-state index contributed by atoms with van der Waals surface area (Å²) >= 11 is 7.73. The molecule has 2 aromatic carbocycles. The normalized spacial score (nSPS) is 18.1. The Morgan fingerprint density at radius 3 is 2.90 bits per heavy atom. The fraction of sp³-hybridized carbons (Fsp3) is 0.227. The van der Waals surface area contributed by atoms with E-state index in [1.54, 1.807) is 10.7 Å². The molecule has 0 saturated heterocycles. The third kappa shape index (κ3) is 3.52. The summed E-state index contributed by atoms with van der Waals surface area (Å²) in [7, 11) is 0. The Bertz CT molecular complexity index is 1180. The number of nitrogens with zero attached hydrogens (tertiary/aromatic N) is 3. The summed E-state index contributed by atoms with van der Waals surface area (Å²) in [5, 5.41) is 9.23. The molecule has 8 heteroatoms. The molecule has 1 aliphatic carbocycles. The lowest BCUT2D eigenvalue weighted by Gasteiger charge is -2.32. The molecule has 1 N–H and O–H groups in total. The molecule has 3 aromatic rings. The van der Waals surface area contributed by atoms with Gasteiger partial charge in [-0.05, 0) is 42.2 Å². The van der Waals surface area contributed by atoms with Crippen LogP contribution >= 0.6 is 23.4 Å². The van der Waals surface area contributed by atoms with Gasteiger partial charge in [0.1, 0.15) is 11.9 Å². The van der Waals surface area contributed by atoms with Gasteiger partial charge >= 0.3 is 0 Å². The number of benzene rings is 2. The average Bonchev–Trinajstić information content (AvgIpc) is 3.14. The van der Waals surface area contributed by atoms with Crippen LogP contribution in [-0.4, -0.2) is 20.5 Å². The number of anilines is 1. The van der Waals surface area contributed by atoms with Gasteiger partial charge in [0, 0.05) is 28.5 Å². The van der Waals surface area contributed by atoms with Crippen LogP contribution in [0.3, 0.4) is 0 Å². The molecule has 0 spiro atoms. The fourth-order valence-corrected chi connectivity index (χ4v) is 5.06. The molecule has 0 bridgehead atoms. The Balaban J connectivity index is 1.52. The number of thioether (sulfide) groups is 1. The Labute approximate surface area is 182 Å². The smallest absolute Gasteiger partial charge is 0.227 e. The Kier molecular flexibility index (Phi) is 5.08. The Hall–Kier alpha value is -2.64. The lowest BCUT2D eigenvalue weighted by atomic mass is 9.85. The molecule has 0 radical (unpaired) electrons. The maximum atomic E-state index is 14.0. The highest BCUT2D eigenvalue weighted by atomic mass is 35.5. The van der Waals surface area contributed by atoms with E-state index in [1.165, 1.54) is 23.9 Å². The van der Waals surface area contributed by atoms with Crippen LogP contribution in [0.5, 0.6) is 0 Å². The second kappa shape index (κ2) is 7.89. The number of hydrogen-bond donors (Lipinski definition) is 1. The molecular weight excluding hydrogens is 423 g/mol. The maximum absolute atomic E-state index is 14.0. The van der Waals surface area contributed by atoms with Crippen molar-refractivity contribution in [2.75, 3.05) is 5.32 Å². The van der Waals surface area contributed by atoms with Gasteiger partial charge in [0.05, 0.1) is 0 Å². The third-order valence-corrected chi connectivity index (χ3v) is 6.58. The maximum Gasteiger partial charge on any atom is 0.227 e. The molecule has 2 aliphatic rings. The third-order valence-electron chi connectivity index (χ3n) is 5.33. The molecule has 1 aliphatic heterocycles. The first-order valence-electron chi connectivity index (χ1n) is 9.71. The molecule has 5 nitrogen and oxygen atoms in total. The van der Waals surface area contributed by atoms with E-state index >= 15 is 0 Å². The molecule has 2 heterocycles. The van der Waals surface area contributed by atoms with Crippen molar-refractivity contribution in [1.82, 2.24) is 14.8 Å². The molecule has 1 atom stereocenters. The first-order valence-corrected chi connectivity index (χ1v) is 11.1. The van der Waals surface area contributed by atoms with Gasteiger partial charge in [-0.2, -0.15) is 4.98 Å². The summed E-state index contributed by atoms with van der Waals surface area (Å²) in [5.74, 6) is 0.926. The largest absolute Gasteiger partial charge is 0.328 e. The predicted molar refractivity (Wildman–Crippen MR) is 115 cm³/mol. The summed E-state index contributed by atoms with van der Waals surface area (Å²) in [5.41, 5.74) is 3.21. The van der Waals surface area contributed by atoms with E-state index in [2.05, 4.69) is 15.4 Å². The van der Waals surface area contributed by atoms with Gasteiger partial charge < -0.3 is 5.32 Å². The summed E-state index contributed by atoms with van der Waals surface area (Å²) < 4.78 is 15.7. The zero-order valence-corrected chi connectivity index (χ0v) is 17.5. The number of rotatable bonds is 4. The van der Waals surface area contributed by atoms with Gasteiger partial charge in [0.2, 0.25) is 11.1 Å². The standard InChI is InChI=1S/C22H18ClFN4OS/c23-16-8-2-1-5-14(16)12-30-22-26-21-25-17-9-4-10-18(29)19(17)20(28(21)27-22)13-6-3-7-15(24)11-13/h1-3,5-8,11,20H,4,9-10,12H2,(H,25,26,27)/t20-/m1/s1. The van der Waals surface area contributed by atoms with Crippen molar-refractivity contribution >= 4 is 35.1 Å². The highest BCUT2D eigenvalue weighted by Gasteiger charge is 2.36. The SMILES string of the molecule is O=C1CCCC2=C1[C@@H](c1cccc(F)c1)n1nc(SCc3ccccc3Cl)nc1N2. The predicted octanol–water partition coefficient (Wildman–Crippen LogP) is 5.38. The lowest BCUT2D eigenvalue weighted by molar-refractivity contribution is -0.116. The van der Waals surface area contributed by atoms with Crippen LogP contribution in [0.1, 0.15) is 36.4 Å². The number of halogens is 2. The van der Waals surface area contributed by atoms with E-state index in [-0.39, 0.29) is 11.6 Å². The molecule has 5 rings (SSSR count). The van der Waals surface area contributed by atoms with Gasteiger partial charge in [-0.3, -0.25) is 4.79 Å². The first kappa shape index (κ1) is 19.3. The summed E-state index contributed by atoms with van der Waals surface area (Å²) in [6.45, 7) is 0. The van der Waals surface area contributed by atoms with Crippen molar-refractivity contribution in [3.05, 3.63) is 81.8 Å². The van der Waals surface area contributed by atoms with Crippen LogP contribution in [0.15, 0.2) is 65.0 Å². The molecule has 152 valence electrons. The van der Waals surface area contributed by atoms with Crippen LogP contribution in [0.25, 0.3) is 0 Å². The van der Waals surface area contributed by atoms with Gasteiger partial charge in [0.15, 0.2) is 5.78 Å². The first-order chi connectivity index (χ1) is 14.6. The highest BCUT2D eigenvalue weighted by Crippen LogP contribution is 2.40. The van der Waals surface area contributed by atoms with Crippen molar-refractivity contribution in [3.63, 3.8) is 0 Å². The average molecular weight is 441 g/mol. The number of carbonyl (C=O) groups is 1. The van der Waals surface area contributed by atoms with Gasteiger partial charge in [-0.1, -0.05) is 53.7 Å². The number of carbonyl (C=O) groups excluding carboxylic acids is 1. The Morgan fingerprint density at radius 2 is 2.07 bits per heavy atom. The number of nitrogens with one attached hydrogen (secondary N) is 1.